The summed E-state index contributed by atoms with van der Waals surface area (Å²) in [6.07, 6.45) is 1.28. The quantitative estimate of drug-likeness (QED) is 0.878. The molecule has 1 N–H and O–H groups in total. The van der Waals surface area contributed by atoms with Crippen LogP contribution in [-0.4, -0.2) is 26.0 Å². The van der Waals surface area contributed by atoms with E-state index in [1.54, 1.807) is 0 Å². The van der Waals surface area contributed by atoms with Gasteiger partial charge in [0.25, 0.3) is 0 Å². The summed E-state index contributed by atoms with van der Waals surface area (Å²) in [7, 11) is 4.01. The van der Waals surface area contributed by atoms with Gasteiger partial charge in [0.05, 0.1) is 6.42 Å². The molecule has 2 rings (SSSR count). The van der Waals surface area contributed by atoms with E-state index in [1.807, 2.05) is 68.4 Å². The Morgan fingerprint density at radius 3 is 2.17 bits per heavy atom. The molecule has 4 heteroatoms. The van der Waals surface area contributed by atoms with Crippen molar-refractivity contribution in [2.75, 3.05) is 19.0 Å². The lowest BCUT2D eigenvalue weighted by molar-refractivity contribution is -0.121. The topological polar surface area (TPSA) is 32.3 Å². The fraction of sp³-hybridized carbons (Fsp3) is 0.316. The van der Waals surface area contributed by atoms with E-state index in [9.17, 15) is 4.79 Å². The highest BCUT2D eigenvalue weighted by molar-refractivity contribution is 5.85. The molecule has 124 valence electrons. The molecular weight excluding hydrogens is 308 g/mol. The van der Waals surface area contributed by atoms with E-state index >= 15 is 0 Å². The Morgan fingerprint density at radius 1 is 1.00 bits per heavy atom. The molecule has 0 aliphatic heterocycles. The van der Waals surface area contributed by atoms with Crippen LogP contribution in [0.25, 0.3) is 0 Å². The predicted molar refractivity (Wildman–Crippen MR) is 99.5 cm³/mol. The van der Waals surface area contributed by atoms with Crippen molar-refractivity contribution in [3.05, 3.63) is 65.7 Å². The molecule has 0 aromatic heterocycles. The number of rotatable bonds is 6. The Hall–Kier alpha value is -2.00. The molecule has 0 radical (unpaired) electrons. The van der Waals surface area contributed by atoms with Crippen LogP contribution in [0.3, 0.4) is 0 Å². The molecule has 1 amide bonds. The van der Waals surface area contributed by atoms with Crippen molar-refractivity contribution in [3.63, 3.8) is 0 Å². The maximum Gasteiger partial charge on any atom is 0.224 e. The number of carbonyl (C=O) groups is 1. The number of benzene rings is 2. The van der Waals surface area contributed by atoms with Crippen LogP contribution in [0.15, 0.2) is 54.6 Å². The molecule has 0 heterocycles. The van der Waals surface area contributed by atoms with E-state index in [4.69, 9.17) is 0 Å². The first-order valence-corrected chi connectivity index (χ1v) is 7.64. The zero-order chi connectivity index (χ0) is 15.9. The van der Waals surface area contributed by atoms with E-state index in [2.05, 4.69) is 17.4 Å². The number of hydrogen-bond acceptors (Lipinski definition) is 2. The molecule has 0 saturated heterocycles. The van der Waals surface area contributed by atoms with Gasteiger partial charge in [-0.05, 0) is 36.6 Å². The van der Waals surface area contributed by atoms with E-state index in [0.717, 1.165) is 17.7 Å². The lowest BCUT2D eigenvalue weighted by Gasteiger charge is -2.15. The summed E-state index contributed by atoms with van der Waals surface area (Å²) in [5.41, 5.74) is 3.42. The molecule has 0 spiro atoms. The van der Waals surface area contributed by atoms with Gasteiger partial charge in [-0.2, -0.15) is 0 Å². The molecule has 0 aliphatic rings. The minimum absolute atomic E-state index is 0. The summed E-state index contributed by atoms with van der Waals surface area (Å²) in [6, 6.07) is 18.5. The smallest absolute Gasteiger partial charge is 0.224 e. The van der Waals surface area contributed by atoms with Crippen molar-refractivity contribution >= 4 is 24.0 Å². The van der Waals surface area contributed by atoms with Crippen LogP contribution in [0.5, 0.6) is 0 Å². The summed E-state index contributed by atoms with van der Waals surface area (Å²) < 4.78 is 0. The summed E-state index contributed by atoms with van der Waals surface area (Å²) in [4.78, 5) is 14.2. The molecule has 1 atom stereocenters. The highest BCUT2D eigenvalue weighted by Crippen LogP contribution is 2.12. The zero-order valence-corrected chi connectivity index (χ0v) is 14.8. The Balaban J connectivity index is 0.00000264. The van der Waals surface area contributed by atoms with Gasteiger partial charge in [0.1, 0.15) is 0 Å². The zero-order valence-electron chi connectivity index (χ0n) is 14.0. The molecule has 3 nitrogen and oxygen atoms in total. The van der Waals surface area contributed by atoms with E-state index in [1.165, 1.54) is 5.56 Å². The highest BCUT2D eigenvalue weighted by atomic mass is 35.5. The number of nitrogens with zero attached hydrogens (tertiary/aromatic N) is 1. The van der Waals surface area contributed by atoms with Gasteiger partial charge in [0, 0.05) is 25.8 Å². The lowest BCUT2D eigenvalue weighted by atomic mass is 10.1. The number of carbonyl (C=O) groups excluding carboxylic acids is 1. The van der Waals surface area contributed by atoms with Gasteiger partial charge in [-0.1, -0.05) is 42.5 Å². The Bertz CT molecular complexity index is 597. The molecule has 0 aliphatic carbocycles. The largest absolute Gasteiger partial charge is 0.378 e. The Morgan fingerprint density at radius 2 is 1.61 bits per heavy atom. The minimum atomic E-state index is 0. The fourth-order valence-corrected chi connectivity index (χ4v) is 2.44. The first-order chi connectivity index (χ1) is 10.5. The number of hydrogen-bond donors (Lipinski definition) is 1. The second-order valence-electron chi connectivity index (χ2n) is 5.90. The van der Waals surface area contributed by atoms with E-state index in [0.29, 0.717) is 6.42 Å². The molecule has 2 aromatic rings. The molecule has 23 heavy (non-hydrogen) atoms. The molecule has 1 unspecified atom stereocenters. The van der Waals surface area contributed by atoms with Gasteiger partial charge < -0.3 is 10.2 Å². The van der Waals surface area contributed by atoms with Crippen LogP contribution in [0.1, 0.15) is 18.1 Å². The van der Waals surface area contributed by atoms with Gasteiger partial charge in [0.15, 0.2) is 0 Å². The van der Waals surface area contributed by atoms with Gasteiger partial charge in [-0.15, -0.1) is 12.4 Å². The van der Waals surface area contributed by atoms with Crippen LogP contribution in [-0.2, 0) is 17.6 Å². The van der Waals surface area contributed by atoms with Crippen molar-refractivity contribution in [1.29, 1.82) is 0 Å². The van der Waals surface area contributed by atoms with Crippen molar-refractivity contribution in [3.8, 4) is 0 Å². The average molecular weight is 333 g/mol. The van der Waals surface area contributed by atoms with Gasteiger partial charge >= 0.3 is 0 Å². The van der Waals surface area contributed by atoms with Crippen molar-refractivity contribution in [2.24, 2.45) is 0 Å². The first-order valence-electron chi connectivity index (χ1n) is 7.64. The van der Waals surface area contributed by atoms with Gasteiger partial charge in [-0.3, -0.25) is 4.79 Å². The number of halogens is 1. The summed E-state index contributed by atoms with van der Waals surface area (Å²) in [5, 5.41) is 3.06. The van der Waals surface area contributed by atoms with Crippen molar-refractivity contribution < 1.29 is 4.79 Å². The number of nitrogens with one attached hydrogen (secondary N) is 1. The predicted octanol–water partition coefficient (Wildman–Crippen LogP) is 3.46. The van der Waals surface area contributed by atoms with Crippen molar-refractivity contribution in [2.45, 2.75) is 25.8 Å². The fourth-order valence-electron chi connectivity index (χ4n) is 2.44. The standard InChI is InChI=1S/C19H24N2O.ClH/c1-15(13-16-7-5-4-6-8-16)20-19(22)14-17-9-11-18(12-10-17)21(2)3;/h4-12,15H,13-14H2,1-3H3,(H,20,22);1H. The monoisotopic (exact) mass is 332 g/mol. The van der Waals surface area contributed by atoms with Gasteiger partial charge in [-0.25, -0.2) is 0 Å². The SMILES string of the molecule is CC(Cc1ccccc1)NC(=O)Cc1ccc(N(C)C)cc1.Cl. The Kier molecular flexibility index (Phi) is 7.63. The third kappa shape index (κ3) is 6.33. The van der Waals surface area contributed by atoms with Crippen LogP contribution in [0.2, 0.25) is 0 Å². The minimum Gasteiger partial charge on any atom is -0.378 e. The van der Waals surface area contributed by atoms with Crippen molar-refractivity contribution in [1.82, 2.24) is 5.32 Å². The van der Waals surface area contributed by atoms with Crippen LogP contribution in [0.4, 0.5) is 5.69 Å². The third-order valence-corrected chi connectivity index (χ3v) is 3.61. The highest BCUT2D eigenvalue weighted by Gasteiger charge is 2.09. The second-order valence-corrected chi connectivity index (χ2v) is 5.90. The maximum atomic E-state index is 12.1. The van der Waals surface area contributed by atoms with Crippen LogP contribution < -0.4 is 10.2 Å². The summed E-state index contributed by atoms with van der Waals surface area (Å²) >= 11 is 0. The van der Waals surface area contributed by atoms with Crippen LogP contribution >= 0.6 is 12.4 Å². The Labute approximate surface area is 145 Å². The lowest BCUT2D eigenvalue weighted by Crippen LogP contribution is -2.35. The normalized spacial score (nSPS) is 11.3. The van der Waals surface area contributed by atoms with E-state index in [-0.39, 0.29) is 24.4 Å². The molecule has 2 aromatic carbocycles. The number of anilines is 1. The maximum absolute atomic E-state index is 12.1. The van der Waals surface area contributed by atoms with Gasteiger partial charge in [0.2, 0.25) is 5.91 Å². The molecule has 0 saturated carbocycles. The molecule has 0 bridgehead atoms. The molecular formula is C19H25ClN2O. The molecule has 0 fully saturated rings. The second kappa shape index (κ2) is 9.21. The van der Waals surface area contributed by atoms with E-state index < -0.39 is 0 Å². The number of amides is 1. The first kappa shape index (κ1) is 19.0. The average Bonchev–Trinajstić information content (AvgIpc) is 2.48. The third-order valence-electron chi connectivity index (χ3n) is 3.61. The summed E-state index contributed by atoms with van der Waals surface area (Å²) in [6.45, 7) is 2.04. The van der Waals surface area contributed by atoms with Crippen LogP contribution in [0, 0.1) is 0 Å². The summed E-state index contributed by atoms with van der Waals surface area (Å²) in [5.74, 6) is 0.0704.